The molecule has 3 aromatic rings. The van der Waals surface area contributed by atoms with Crippen molar-refractivity contribution in [3.63, 3.8) is 0 Å². The molecule has 1 N–H and O–H groups in total. The molecule has 0 radical (unpaired) electrons. The second-order valence-corrected chi connectivity index (χ2v) is 6.74. The fourth-order valence-corrected chi connectivity index (χ4v) is 2.96. The maximum atomic E-state index is 12.8. The summed E-state index contributed by atoms with van der Waals surface area (Å²) >= 11 is 6.04. The van der Waals surface area contributed by atoms with Crippen molar-refractivity contribution in [2.45, 2.75) is 19.9 Å². The van der Waals surface area contributed by atoms with Crippen molar-refractivity contribution < 1.29 is 14.5 Å². The lowest BCUT2D eigenvalue weighted by atomic mass is 10.0. The minimum absolute atomic E-state index is 0.0276. The molecule has 3 rings (SSSR count). The molecule has 0 bridgehead atoms. The second-order valence-electron chi connectivity index (χ2n) is 6.30. The van der Waals surface area contributed by atoms with E-state index in [0.29, 0.717) is 16.3 Å². The highest BCUT2D eigenvalue weighted by Gasteiger charge is 2.18. The maximum absolute atomic E-state index is 12.8. The summed E-state index contributed by atoms with van der Waals surface area (Å²) in [6.07, 6.45) is 1.31. The standard InChI is InChI=1S/C20H17ClN4O4/c1-13-18(25(28)29)12-24(23-13)10-9-19(26)22-17-8-7-15(21)11-16(17)20(27)14-5-3-2-4-6-14/h2-8,11-12H,9-10H2,1H3,(H,22,26). The number of hydrogen-bond donors (Lipinski definition) is 1. The second kappa shape index (κ2) is 8.66. The Bertz CT molecular complexity index is 1080. The highest BCUT2D eigenvalue weighted by Crippen LogP contribution is 2.24. The molecular weight excluding hydrogens is 396 g/mol. The number of anilines is 1. The highest BCUT2D eigenvalue weighted by atomic mass is 35.5. The predicted octanol–water partition coefficient (Wildman–Crippen LogP) is 4.01. The van der Waals surface area contributed by atoms with Crippen molar-refractivity contribution >= 4 is 34.7 Å². The van der Waals surface area contributed by atoms with Gasteiger partial charge in [0, 0.05) is 29.1 Å². The van der Waals surface area contributed by atoms with E-state index in [4.69, 9.17) is 11.6 Å². The first-order chi connectivity index (χ1) is 13.8. The van der Waals surface area contributed by atoms with Gasteiger partial charge in [-0.1, -0.05) is 41.9 Å². The van der Waals surface area contributed by atoms with Crippen LogP contribution in [0.2, 0.25) is 5.02 Å². The number of aryl methyl sites for hydroxylation is 2. The average Bonchev–Trinajstić information content (AvgIpc) is 3.09. The summed E-state index contributed by atoms with van der Waals surface area (Å²) in [6, 6.07) is 13.3. The topological polar surface area (TPSA) is 107 Å². The molecule has 0 aliphatic carbocycles. The van der Waals surface area contributed by atoms with Gasteiger partial charge in [-0.15, -0.1) is 0 Å². The zero-order chi connectivity index (χ0) is 21.0. The molecule has 9 heteroatoms. The summed E-state index contributed by atoms with van der Waals surface area (Å²) in [4.78, 5) is 35.5. The molecule has 148 valence electrons. The Morgan fingerprint density at radius 2 is 1.93 bits per heavy atom. The number of nitro groups is 1. The van der Waals surface area contributed by atoms with E-state index in [1.807, 2.05) is 0 Å². The summed E-state index contributed by atoms with van der Waals surface area (Å²) in [7, 11) is 0. The summed E-state index contributed by atoms with van der Waals surface area (Å²) in [5, 5.41) is 18.0. The lowest BCUT2D eigenvalue weighted by Gasteiger charge is -2.11. The molecule has 0 aliphatic heterocycles. The van der Waals surface area contributed by atoms with Crippen LogP contribution in [0, 0.1) is 17.0 Å². The van der Waals surface area contributed by atoms with E-state index in [1.165, 1.54) is 23.9 Å². The summed E-state index contributed by atoms with van der Waals surface area (Å²) in [5.74, 6) is -0.619. The Kier molecular flexibility index (Phi) is 6.04. The minimum atomic E-state index is -0.520. The quantitative estimate of drug-likeness (QED) is 0.358. The van der Waals surface area contributed by atoms with Gasteiger partial charge < -0.3 is 5.32 Å². The molecule has 29 heavy (non-hydrogen) atoms. The molecule has 0 atom stereocenters. The van der Waals surface area contributed by atoms with Gasteiger partial charge in [-0.3, -0.25) is 24.4 Å². The molecule has 0 aliphatic rings. The first-order valence-corrected chi connectivity index (χ1v) is 9.10. The molecule has 1 heterocycles. The number of nitrogens with one attached hydrogen (secondary N) is 1. The van der Waals surface area contributed by atoms with Gasteiger partial charge in [0.25, 0.3) is 0 Å². The Morgan fingerprint density at radius 3 is 2.59 bits per heavy atom. The van der Waals surface area contributed by atoms with E-state index in [0.717, 1.165) is 0 Å². The Hall–Kier alpha value is -3.52. The fourth-order valence-electron chi connectivity index (χ4n) is 2.79. The van der Waals surface area contributed by atoms with Crippen LogP contribution < -0.4 is 5.32 Å². The number of aromatic nitrogens is 2. The van der Waals surface area contributed by atoms with Crippen molar-refractivity contribution in [1.29, 1.82) is 0 Å². The Labute approximate surface area is 171 Å². The molecule has 1 aromatic heterocycles. The number of carbonyl (C=O) groups excluding carboxylic acids is 2. The number of amides is 1. The third-order valence-corrected chi connectivity index (χ3v) is 4.46. The normalized spacial score (nSPS) is 10.6. The Balaban J connectivity index is 1.73. The van der Waals surface area contributed by atoms with Crippen LogP contribution in [0.3, 0.4) is 0 Å². The fraction of sp³-hybridized carbons (Fsp3) is 0.150. The predicted molar refractivity (Wildman–Crippen MR) is 108 cm³/mol. The maximum Gasteiger partial charge on any atom is 0.309 e. The van der Waals surface area contributed by atoms with Crippen LogP contribution in [-0.2, 0) is 11.3 Å². The summed E-state index contributed by atoms with van der Waals surface area (Å²) in [5.41, 5.74) is 1.28. The number of ketones is 1. The van der Waals surface area contributed by atoms with Crippen LogP contribution in [0.1, 0.15) is 28.0 Å². The van der Waals surface area contributed by atoms with Crippen LogP contribution >= 0.6 is 11.6 Å². The lowest BCUT2D eigenvalue weighted by molar-refractivity contribution is -0.385. The van der Waals surface area contributed by atoms with Crippen LogP contribution in [0.15, 0.2) is 54.7 Å². The van der Waals surface area contributed by atoms with Crippen molar-refractivity contribution in [2.75, 3.05) is 5.32 Å². The molecule has 0 saturated heterocycles. The third kappa shape index (κ3) is 4.85. The van der Waals surface area contributed by atoms with Gasteiger partial charge in [-0.2, -0.15) is 5.10 Å². The van der Waals surface area contributed by atoms with Crippen LogP contribution in [0.4, 0.5) is 11.4 Å². The van der Waals surface area contributed by atoms with E-state index in [1.54, 1.807) is 42.5 Å². The third-order valence-electron chi connectivity index (χ3n) is 4.22. The van der Waals surface area contributed by atoms with E-state index in [2.05, 4.69) is 10.4 Å². The van der Waals surface area contributed by atoms with E-state index < -0.39 is 4.92 Å². The number of benzene rings is 2. The van der Waals surface area contributed by atoms with Gasteiger partial charge >= 0.3 is 5.69 Å². The van der Waals surface area contributed by atoms with Gasteiger partial charge in [0.2, 0.25) is 5.91 Å². The summed E-state index contributed by atoms with van der Waals surface area (Å²) in [6.45, 7) is 1.69. The lowest BCUT2D eigenvalue weighted by Crippen LogP contribution is -2.17. The number of carbonyl (C=O) groups is 2. The van der Waals surface area contributed by atoms with Gasteiger partial charge in [-0.25, -0.2) is 0 Å². The summed E-state index contributed by atoms with van der Waals surface area (Å²) < 4.78 is 1.35. The number of hydrogen-bond acceptors (Lipinski definition) is 5. The molecule has 2 aromatic carbocycles. The molecule has 8 nitrogen and oxygen atoms in total. The molecule has 0 spiro atoms. The molecule has 1 amide bonds. The van der Waals surface area contributed by atoms with Crippen LogP contribution in [-0.4, -0.2) is 26.4 Å². The molecular formula is C20H17ClN4O4. The number of halogens is 1. The SMILES string of the molecule is Cc1nn(CCC(=O)Nc2ccc(Cl)cc2C(=O)c2ccccc2)cc1[N+](=O)[O-]. The largest absolute Gasteiger partial charge is 0.325 e. The van der Waals surface area contributed by atoms with Crippen molar-refractivity contribution in [1.82, 2.24) is 9.78 Å². The van der Waals surface area contributed by atoms with Crippen LogP contribution in [0.5, 0.6) is 0 Å². The molecule has 0 saturated carbocycles. The minimum Gasteiger partial charge on any atom is -0.325 e. The van der Waals surface area contributed by atoms with Crippen molar-refractivity contribution in [3.8, 4) is 0 Å². The number of rotatable bonds is 7. The van der Waals surface area contributed by atoms with Gasteiger partial charge in [0.15, 0.2) is 5.78 Å². The van der Waals surface area contributed by atoms with E-state index in [9.17, 15) is 19.7 Å². The molecule has 0 unspecified atom stereocenters. The van der Waals surface area contributed by atoms with Gasteiger partial charge in [0.05, 0.1) is 10.6 Å². The van der Waals surface area contributed by atoms with E-state index >= 15 is 0 Å². The number of nitrogens with zero attached hydrogens (tertiary/aromatic N) is 3. The Morgan fingerprint density at radius 1 is 1.21 bits per heavy atom. The highest BCUT2D eigenvalue weighted by molar-refractivity contribution is 6.31. The first-order valence-electron chi connectivity index (χ1n) is 8.72. The van der Waals surface area contributed by atoms with Gasteiger partial charge in [0.1, 0.15) is 11.9 Å². The van der Waals surface area contributed by atoms with E-state index in [-0.39, 0.29) is 41.6 Å². The van der Waals surface area contributed by atoms with Crippen molar-refractivity contribution in [2.24, 2.45) is 0 Å². The molecule has 0 fully saturated rings. The smallest absolute Gasteiger partial charge is 0.309 e. The van der Waals surface area contributed by atoms with Gasteiger partial charge in [-0.05, 0) is 25.1 Å². The average molecular weight is 413 g/mol. The van der Waals surface area contributed by atoms with Crippen molar-refractivity contribution in [3.05, 3.63) is 86.7 Å². The first kappa shape index (κ1) is 20.2. The monoisotopic (exact) mass is 412 g/mol. The zero-order valence-corrected chi connectivity index (χ0v) is 16.2. The zero-order valence-electron chi connectivity index (χ0n) is 15.5. The van der Waals surface area contributed by atoms with Crippen LogP contribution in [0.25, 0.3) is 0 Å².